The molecule has 0 radical (unpaired) electrons. The van der Waals surface area contributed by atoms with Gasteiger partial charge in [0.2, 0.25) is 0 Å². The summed E-state index contributed by atoms with van der Waals surface area (Å²) in [6, 6.07) is 7.91. The van der Waals surface area contributed by atoms with Gasteiger partial charge in [0.1, 0.15) is 0 Å². The molecule has 1 fully saturated rings. The molecule has 0 bridgehead atoms. The normalized spacial score (nSPS) is 16.6. The van der Waals surface area contributed by atoms with Crippen LogP contribution >= 0.6 is 23.4 Å². The number of hydrogen-bond donors (Lipinski definition) is 1. The number of hydrogen-bond acceptors (Lipinski definition) is 2. The van der Waals surface area contributed by atoms with E-state index in [0.29, 0.717) is 0 Å². The smallest absolute Gasteiger partial charge is 0.0407 e. The van der Waals surface area contributed by atoms with Crippen molar-refractivity contribution in [2.75, 3.05) is 17.6 Å². The second-order valence-electron chi connectivity index (χ2n) is 4.21. The van der Waals surface area contributed by atoms with E-state index in [9.17, 15) is 0 Å². The summed E-state index contributed by atoms with van der Waals surface area (Å²) in [6.07, 6.45) is 5.71. The minimum absolute atomic E-state index is 0.797. The van der Waals surface area contributed by atoms with E-state index in [1.54, 1.807) is 0 Å². The molecule has 0 amide bonds. The molecule has 0 atom stereocenters. The summed E-state index contributed by atoms with van der Waals surface area (Å²) in [5, 5.41) is 5.14. The zero-order chi connectivity index (χ0) is 11.2. The Morgan fingerprint density at radius 1 is 1.19 bits per heavy atom. The van der Waals surface area contributed by atoms with Crippen molar-refractivity contribution < 1.29 is 0 Å². The molecule has 0 unspecified atom stereocenters. The summed E-state index contributed by atoms with van der Waals surface area (Å²) in [5.74, 6) is 1.20. The van der Waals surface area contributed by atoms with Crippen LogP contribution in [-0.2, 0) is 0 Å². The Morgan fingerprint density at radius 3 is 2.56 bits per heavy atom. The van der Waals surface area contributed by atoms with Gasteiger partial charge in [-0.05, 0) is 37.1 Å². The first-order chi connectivity index (χ1) is 7.84. The molecule has 1 saturated carbocycles. The predicted octanol–water partition coefficient (Wildman–Crippen LogP) is 4.43. The first kappa shape index (κ1) is 12.1. The van der Waals surface area contributed by atoms with Gasteiger partial charge in [-0.3, -0.25) is 0 Å². The number of nitrogens with one attached hydrogen (secondary N) is 1. The van der Waals surface area contributed by atoms with Crippen molar-refractivity contribution in [3.63, 3.8) is 0 Å². The van der Waals surface area contributed by atoms with Gasteiger partial charge in [0.15, 0.2) is 0 Å². The quantitative estimate of drug-likeness (QED) is 0.782. The molecule has 16 heavy (non-hydrogen) atoms. The fourth-order valence-electron chi connectivity index (χ4n) is 2.04. The maximum Gasteiger partial charge on any atom is 0.0407 e. The molecule has 1 aliphatic carbocycles. The molecule has 1 aromatic rings. The lowest BCUT2D eigenvalue weighted by molar-refractivity contribution is 0.886. The average Bonchev–Trinajstić information content (AvgIpc) is 2.80. The zero-order valence-corrected chi connectivity index (χ0v) is 11.0. The Hall–Kier alpha value is -0.340. The highest BCUT2D eigenvalue weighted by atomic mass is 35.5. The molecule has 1 nitrogen and oxygen atoms in total. The molecule has 0 heterocycles. The van der Waals surface area contributed by atoms with Crippen LogP contribution < -0.4 is 5.32 Å². The Kier molecular flexibility index (Phi) is 4.86. The summed E-state index contributed by atoms with van der Waals surface area (Å²) in [7, 11) is 0. The molecular weight excluding hydrogens is 238 g/mol. The fraction of sp³-hybridized carbons (Fsp3) is 0.538. The summed E-state index contributed by atoms with van der Waals surface area (Å²) >= 11 is 7.95. The maximum absolute atomic E-state index is 5.83. The minimum Gasteiger partial charge on any atom is -0.384 e. The molecule has 88 valence electrons. The molecular formula is C13H18ClNS. The highest BCUT2D eigenvalue weighted by Crippen LogP contribution is 2.29. The predicted molar refractivity (Wildman–Crippen MR) is 74.7 cm³/mol. The van der Waals surface area contributed by atoms with Gasteiger partial charge in [-0.2, -0.15) is 11.8 Å². The van der Waals surface area contributed by atoms with Crippen LogP contribution in [0, 0.1) is 0 Å². The van der Waals surface area contributed by atoms with Crippen molar-refractivity contribution in [1.82, 2.24) is 0 Å². The minimum atomic E-state index is 0.797. The van der Waals surface area contributed by atoms with Crippen molar-refractivity contribution in [3.05, 3.63) is 29.3 Å². The SMILES string of the molecule is Clc1ccc(NCCSC2CCCC2)cc1. The third-order valence-corrected chi connectivity index (χ3v) is 4.57. The van der Waals surface area contributed by atoms with Crippen LogP contribution in [0.3, 0.4) is 0 Å². The van der Waals surface area contributed by atoms with E-state index < -0.39 is 0 Å². The number of benzene rings is 1. The van der Waals surface area contributed by atoms with E-state index in [2.05, 4.69) is 17.1 Å². The van der Waals surface area contributed by atoms with Gasteiger partial charge in [0.25, 0.3) is 0 Å². The molecule has 0 aliphatic heterocycles. The van der Waals surface area contributed by atoms with E-state index in [-0.39, 0.29) is 0 Å². The van der Waals surface area contributed by atoms with Crippen molar-refractivity contribution >= 4 is 29.1 Å². The van der Waals surface area contributed by atoms with E-state index in [1.165, 1.54) is 31.4 Å². The molecule has 0 spiro atoms. The van der Waals surface area contributed by atoms with Crippen molar-refractivity contribution in [2.24, 2.45) is 0 Å². The lowest BCUT2D eigenvalue weighted by Gasteiger charge is -2.10. The van der Waals surface area contributed by atoms with Gasteiger partial charge in [-0.25, -0.2) is 0 Å². The fourth-order valence-corrected chi connectivity index (χ4v) is 3.39. The topological polar surface area (TPSA) is 12.0 Å². The lowest BCUT2D eigenvalue weighted by atomic mass is 10.3. The van der Waals surface area contributed by atoms with Gasteiger partial charge in [-0.1, -0.05) is 24.4 Å². The maximum atomic E-state index is 5.83. The standard InChI is InChI=1S/C13H18ClNS/c14-11-5-7-12(8-6-11)15-9-10-16-13-3-1-2-4-13/h5-8,13,15H,1-4,9-10H2. The summed E-state index contributed by atoms with van der Waals surface area (Å²) in [4.78, 5) is 0. The van der Waals surface area contributed by atoms with Crippen LogP contribution in [0.2, 0.25) is 5.02 Å². The van der Waals surface area contributed by atoms with Crippen molar-refractivity contribution in [3.8, 4) is 0 Å². The van der Waals surface area contributed by atoms with E-state index >= 15 is 0 Å². The highest BCUT2D eigenvalue weighted by Gasteiger charge is 2.14. The van der Waals surface area contributed by atoms with Gasteiger partial charge in [0.05, 0.1) is 0 Å². The van der Waals surface area contributed by atoms with E-state index in [4.69, 9.17) is 11.6 Å². The van der Waals surface area contributed by atoms with Crippen LogP contribution in [-0.4, -0.2) is 17.5 Å². The summed E-state index contributed by atoms with van der Waals surface area (Å²) < 4.78 is 0. The molecule has 0 aromatic heterocycles. The first-order valence-corrected chi connectivity index (χ1v) is 7.38. The Bertz CT molecular complexity index is 306. The van der Waals surface area contributed by atoms with Crippen LogP contribution in [0.1, 0.15) is 25.7 Å². The highest BCUT2D eigenvalue weighted by molar-refractivity contribution is 7.99. The Morgan fingerprint density at radius 2 is 1.88 bits per heavy atom. The Labute approximate surface area is 107 Å². The molecule has 1 aromatic carbocycles. The van der Waals surface area contributed by atoms with Crippen molar-refractivity contribution in [1.29, 1.82) is 0 Å². The van der Waals surface area contributed by atoms with Crippen LogP contribution in [0.5, 0.6) is 0 Å². The zero-order valence-electron chi connectivity index (χ0n) is 9.42. The third kappa shape index (κ3) is 3.91. The van der Waals surface area contributed by atoms with Crippen LogP contribution in [0.4, 0.5) is 5.69 Å². The van der Waals surface area contributed by atoms with Gasteiger partial charge in [0, 0.05) is 28.3 Å². The molecule has 0 saturated heterocycles. The lowest BCUT2D eigenvalue weighted by Crippen LogP contribution is -2.06. The number of anilines is 1. The van der Waals surface area contributed by atoms with E-state index in [1.807, 2.05) is 24.3 Å². The molecule has 3 heteroatoms. The number of thioether (sulfide) groups is 1. The van der Waals surface area contributed by atoms with Gasteiger partial charge < -0.3 is 5.32 Å². The van der Waals surface area contributed by atoms with Gasteiger partial charge >= 0.3 is 0 Å². The number of halogens is 1. The average molecular weight is 256 g/mol. The van der Waals surface area contributed by atoms with Crippen LogP contribution in [0.25, 0.3) is 0 Å². The van der Waals surface area contributed by atoms with Crippen molar-refractivity contribution in [2.45, 2.75) is 30.9 Å². The first-order valence-electron chi connectivity index (χ1n) is 5.95. The molecule has 2 rings (SSSR count). The third-order valence-electron chi connectivity index (χ3n) is 2.93. The summed E-state index contributed by atoms with van der Waals surface area (Å²) in [5.41, 5.74) is 1.16. The van der Waals surface area contributed by atoms with Gasteiger partial charge in [-0.15, -0.1) is 0 Å². The Balaban J connectivity index is 1.62. The monoisotopic (exact) mass is 255 g/mol. The van der Waals surface area contributed by atoms with Crippen LogP contribution in [0.15, 0.2) is 24.3 Å². The number of rotatable bonds is 5. The largest absolute Gasteiger partial charge is 0.384 e. The molecule has 1 N–H and O–H groups in total. The second-order valence-corrected chi connectivity index (χ2v) is 6.06. The van der Waals surface area contributed by atoms with E-state index in [0.717, 1.165) is 22.5 Å². The summed E-state index contributed by atoms with van der Waals surface area (Å²) in [6.45, 7) is 1.04. The molecule has 1 aliphatic rings. The second kappa shape index (κ2) is 6.41.